The van der Waals surface area contributed by atoms with Gasteiger partial charge in [0.15, 0.2) is 0 Å². The third kappa shape index (κ3) is 5.33. The zero-order valence-electron chi connectivity index (χ0n) is 21.1. The first-order chi connectivity index (χ1) is 19.1. The Hall–Kier alpha value is -4.13. The van der Waals surface area contributed by atoms with Gasteiger partial charge in [0, 0.05) is 54.0 Å². The van der Waals surface area contributed by atoms with Crippen LogP contribution in [0.4, 0.5) is 8.78 Å². The Kier molecular flexibility index (Phi) is 7.41. The number of aromatic hydroxyl groups is 1. The van der Waals surface area contributed by atoms with Gasteiger partial charge in [0.2, 0.25) is 0 Å². The quantitative estimate of drug-likeness (QED) is 0.245. The maximum atomic E-state index is 14.6. The molecule has 1 aliphatic carbocycles. The van der Waals surface area contributed by atoms with Crippen LogP contribution in [0.25, 0.3) is 22.3 Å². The standard InChI is InChI=1S/C28H24F2N2O7S/c1-31-27(34)25-21-10-19(14-2-3-14)16(9-24(21)39-26(25)15-4-6-18(29)7-5-15)12-32(40(37)38)13-17-8-20(28(35)36)23(33)11-22(17)30/h4-11,14,33H,2-3,12-13H2,1H3,(H,31,34)(H,35,36)(H,37,38)/p-1. The van der Waals surface area contributed by atoms with E-state index < -0.39 is 52.6 Å². The molecular weight excluding hydrogens is 546 g/mol. The fourth-order valence-corrected chi connectivity index (χ4v) is 5.20. The Morgan fingerprint density at radius 3 is 2.38 bits per heavy atom. The number of carboxylic acid groups (broad SMARTS) is 1. The number of furan rings is 1. The van der Waals surface area contributed by atoms with Crippen molar-refractivity contribution in [3.05, 3.63) is 88.0 Å². The minimum atomic E-state index is -2.83. The van der Waals surface area contributed by atoms with Crippen molar-refractivity contribution >= 4 is 34.1 Å². The number of aromatic carboxylic acids is 1. The highest BCUT2D eigenvalue weighted by Crippen LogP contribution is 2.45. The van der Waals surface area contributed by atoms with E-state index in [1.807, 2.05) is 0 Å². The highest BCUT2D eigenvalue weighted by molar-refractivity contribution is 7.76. The molecule has 3 aromatic carbocycles. The van der Waals surface area contributed by atoms with E-state index in [1.165, 1.54) is 31.3 Å². The number of halogens is 2. The number of carbonyl (C=O) groups excluding carboxylic acids is 1. The monoisotopic (exact) mass is 569 g/mol. The van der Waals surface area contributed by atoms with E-state index in [1.54, 1.807) is 12.1 Å². The number of amides is 1. The molecule has 40 heavy (non-hydrogen) atoms. The van der Waals surface area contributed by atoms with Crippen molar-refractivity contribution in [3.63, 3.8) is 0 Å². The summed E-state index contributed by atoms with van der Waals surface area (Å²) >= 11 is -2.83. The van der Waals surface area contributed by atoms with Crippen LogP contribution in [-0.4, -0.2) is 42.2 Å². The Morgan fingerprint density at radius 1 is 1.10 bits per heavy atom. The van der Waals surface area contributed by atoms with Gasteiger partial charge in [-0.05, 0) is 72.4 Å². The second-order valence-electron chi connectivity index (χ2n) is 9.49. The summed E-state index contributed by atoms with van der Waals surface area (Å²) in [5, 5.41) is 22.1. The van der Waals surface area contributed by atoms with Crippen LogP contribution in [0.15, 0.2) is 52.9 Å². The van der Waals surface area contributed by atoms with Gasteiger partial charge in [0.05, 0.1) is 5.56 Å². The third-order valence-electron chi connectivity index (χ3n) is 6.83. The molecule has 1 aromatic heterocycles. The molecule has 1 fully saturated rings. The minimum Gasteiger partial charge on any atom is -0.760 e. The van der Waals surface area contributed by atoms with Crippen molar-refractivity contribution in [1.82, 2.24) is 9.62 Å². The highest BCUT2D eigenvalue weighted by atomic mass is 32.2. The summed E-state index contributed by atoms with van der Waals surface area (Å²) in [6.07, 6.45) is 1.71. The van der Waals surface area contributed by atoms with Gasteiger partial charge < -0.3 is 24.5 Å². The lowest BCUT2D eigenvalue weighted by Crippen LogP contribution is -2.26. The summed E-state index contributed by atoms with van der Waals surface area (Å²) in [5.74, 6) is -3.74. The predicted octanol–water partition coefficient (Wildman–Crippen LogP) is 4.82. The molecule has 0 radical (unpaired) electrons. The number of nitrogens with one attached hydrogen (secondary N) is 1. The van der Waals surface area contributed by atoms with E-state index in [0.29, 0.717) is 28.2 Å². The zero-order chi connectivity index (χ0) is 28.7. The van der Waals surface area contributed by atoms with Crippen LogP contribution in [0.5, 0.6) is 5.75 Å². The Balaban J connectivity index is 1.59. The molecule has 1 amide bonds. The molecule has 9 nitrogen and oxygen atoms in total. The van der Waals surface area contributed by atoms with Gasteiger partial charge in [-0.25, -0.2) is 17.9 Å². The van der Waals surface area contributed by atoms with Gasteiger partial charge in [-0.2, -0.15) is 0 Å². The lowest BCUT2D eigenvalue weighted by Gasteiger charge is -2.26. The number of hydrogen-bond donors (Lipinski definition) is 3. The lowest BCUT2D eigenvalue weighted by atomic mass is 9.97. The number of benzene rings is 3. The molecule has 4 aromatic rings. The predicted molar refractivity (Wildman–Crippen MR) is 140 cm³/mol. The van der Waals surface area contributed by atoms with Gasteiger partial charge in [-0.3, -0.25) is 9.00 Å². The molecule has 0 saturated heterocycles. The van der Waals surface area contributed by atoms with Crippen LogP contribution >= 0.6 is 0 Å². The number of phenols is 1. The number of carbonyl (C=O) groups is 2. The van der Waals surface area contributed by atoms with Gasteiger partial charge >= 0.3 is 5.97 Å². The van der Waals surface area contributed by atoms with E-state index >= 15 is 0 Å². The van der Waals surface area contributed by atoms with Crippen molar-refractivity contribution in [2.24, 2.45) is 0 Å². The molecular formula is C28H23F2N2O7S-. The van der Waals surface area contributed by atoms with Crippen LogP contribution in [-0.2, 0) is 24.4 Å². The summed E-state index contributed by atoms with van der Waals surface area (Å²) in [7, 11) is 1.48. The summed E-state index contributed by atoms with van der Waals surface area (Å²) in [4.78, 5) is 24.3. The zero-order valence-corrected chi connectivity index (χ0v) is 21.9. The molecule has 1 unspecified atom stereocenters. The van der Waals surface area contributed by atoms with Crippen molar-refractivity contribution in [3.8, 4) is 17.1 Å². The van der Waals surface area contributed by atoms with Gasteiger partial charge in [-0.1, -0.05) is 0 Å². The first kappa shape index (κ1) is 27.4. The average molecular weight is 570 g/mol. The molecule has 5 rings (SSSR count). The van der Waals surface area contributed by atoms with E-state index in [4.69, 9.17) is 4.42 Å². The number of hydrogen-bond acceptors (Lipinski definition) is 6. The van der Waals surface area contributed by atoms with Crippen LogP contribution in [0.3, 0.4) is 0 Å². The normalized spacial score (nSPS) is 14.0. The van der Waals surface area contributed by atoms with E-state index in [9.17, 15) is 37.3 Å². The van der Waals surface area contributed by atoms with Crippen LogP contribution in [0.2, 0.25) is 0 Å². The Labute approximate surface area is 229 Å². The maximum absolute atomic E-state index is 14.6. The topological polar surface area (TPSA) is 143 Å². The molecule has 1 saturated carbocycles. The van der Waals surface area contributed by atoms with Gasteiger partial charge in [0.1, 0.15) is 34.3 Å². The fraction of sp³-hybridized carbons (Fsp3) is 0.214. The summed E-state index contributed by atoms with van der Waals surface area (Å²) in [6, 6.07) is 10.4. The first-order valence-corrected chi connectivity index (χ1v) is 13.3. The number of fused-ring (bicyclic) bond motifs is 1. The van der Waals surface area contributed by atoms with E-state index in [2.05, 4.69) is 5.32 Å². The first-order valence-electron chi connectivity index (χ1n) is 12.2. The molecule has 1 atom stereocenters. The largest absolute Gasteiger partial charge is 0.760 e. The summed E-state index contributed by atoms with van der Waals surface area (Å²) in [6.45, 7) is -0.685. The number of nitrogens with zero attached hydrogens (tertiary/aromatic N) is 1. The molecule has 0 bridgehead atoms. The smallest absolute Gasteiger partial charge is 0.339 e. The number of carboxylic acids is 1. The van der Waals surface area contributed by atoms with Crippen LogP contribution in [0.1, 0.15) is 56.2 Å². The molecule has 1 aliphatic rings. The summed E-state index contributed by atoms with van der Waals surface area (Å²) < 4.78 is 59.5. The molecule has 0 spiro atoms. The second kappa shape index (κ2) is 10.8. The van der Waals surface area contributed by atoms with Crippen LogP contribution < -0.4 is 5.32 Å². The fourth-order valence-electron chi connectivity index (χ4n) is 4.71. The van der Waals surface area contributed by atoms with Crippen LogP contribution in [0, 0.1) is 11.6 Å². The second-order valence-corrected chi connectivity index (χ2v) is 10.4. The SMILES string of the molecule is CNC(=O)c1c(-c2ccc(F)cc2)oc2cc(CN(Cc3cc(C(=O)O)c(O)cc3F)S(=O)[O-])c(C3CC3)cc12. The van der Waals surface area contributed by atoms with E-state index in [-0.39, 0.29) is 29.3 Å². The third-order valence-corrected chi connectivity index (χ3v) is 7.51. The summed E-state index contributed by atoms with van der Waals surface area (Å²) in [5.41, 5.74) is 1.62. The minimum absolute atomic E-state index is 0.118. The van der Waals surface area contributed by atoms with Crippen molar-refractivity contribution in [2.75, 3.05) is 7.05 Å². The van der Waals surface area contributed by atoms with Gasteiger partial charge in [-0.15, -0.1) is 0 Å². The Morgan fingerprint density at radius 2 is 1.77 bits per heavy atom. The van der Waals surface area contributed by atoms with Crippen molar-refractivity contribution < 1.29 is 41.8 Å². The van der Waals surface area contributed by atoms with Crippen molar-refractivity contribution in [1.29, 1.82) is 0 Å². The molecule has 0 aliphatic heterocycles. The maximum Gasteiger partial charge on any atom is 0.339 e. The lowest BCUT2D eigenvalue weighted by molar-refractivity contribution is 0.0693. The highest BCUT2D eigenvalue weighted by Gasteiger charge is 2.30. The van der Waals surface area contributed by atoms with Gasteiger partial charge in [0.25, 0.3) is 5.91 Å². The number of rotatable bonds is 9. The van der Waals surface area contributed by atoms with E-state index in [0.717, 1.165) is 28.8 Å². The molecule has 208 valence electrons. The Bertz CT molecular complexity index is 1670. The molecule has 1 heterocycles. The average Bonchev–Trinajstić information content (AvgIpc) is 3.69. The molecule has 12 heteroatoms. The van der Waals surface area contributed by atoms with Crippen molar-refractivity contribution in [2.45, 2.75) is 31.8 Å². The molecule has 3 N–H and O–H groups in total.